The molecule has 0 aliphatic heterocycles. The molecule has 21 heavy (non-hydrogen) atoms. The lowest BCUT2D eigenvalue weighted by Gasteiger charge is -2.20. The highest BCUT2D eigenvalue weighted by atomic mass is 32.2. The highest BCUT2D eigenvalue weighted by Crippen LogP contribution is 2.20. The normalized spacial score (nSPS) is 12.4. The van der Waals surface area contributed by atoms with E-state index in [9.17, 15) is 13.2 Å². The van der Waals surface area contributed by atoms with Gasteiger partial charge in [-0.3, -0.25) is 9.48 Å². The molecular formula is C12H23N5O3S. The molecule has 1 aromatic heterocycles. The number of aromatic nitrogens is 2. The number of nitrogens with two attached hydrogens (primary N) is 1. The summed E-state index contributed by atoms with van der Waals surface area (Å²) in [6, 6.07) is 0. The summed E-state index contributed by atoms with van der Waals surface area (Å²) in [6.07, 6.45) is 0.0513. The van der Waals surface area contributed by atoms with Crippen LogP contribution in [-0.2, 0) is 21.9 Å². The molecule has 0 aromatic carbocycles. The Morgan fingerprint density at radius 3 is 2.38 bits per heavy atom. The number of nitrogens with one attached hydrogen (secondary N) is 2. The van der Waals surface area contributed by atoms with Gasteiger partial charge in [0.2, 0.25) is 15.9 Å². The van der Waals surface area contributed by atoms with E-state index in [1.165, 1.54) is 4.68 Å². The number of carbonyl (C=O) groups excluding carboxylic acids is 1. The molecule has 1 amide bonds. The smallest absolute Gasteiger partial charge is 0.246 e. The van der Waals surface area contributed by atoms with Crippen molar-refractivity contribution in [3.05, 3.63) is 5.69 Å². The Kier molecular flexibility index (Phi) is 5.00. The number of rotatable bonds is 5. The zero-order valence-corrected chi connectivity index (χ0v) is 13.8. The predicted molar refractivity (Wildman–Crippen MR) is 80.1 cm³/mol. The number of nitrogens with zero attached hydrogens (tertiary/aromatic N) is 2. The minimum Gasteiger partial charge on any atom is -0.381 e. The minimum absolute atomic E-state index is 0.00196. The molecule has 1 heterocycles. The number of aryl methyl sites for hydroxylation is 1. The number of sulfonamides is 1. The quantitative estimate of drug-likeness (QED) is 0.700. The van der Waals surface area contributed by atoms with Crippen LogP contribution in [0.25, 0.3) is 0 Å². The van der Waals surface area contributed by atoms with E-state index in [1.54, 1.807) is 14.0 Å². The average Bonchev–Trinajstić information content (AvgIpc) is 2.50. The second kappa shape index (κ2) is 6.02. The molecule has 1 aromatic rings. The lowest BCUT2D eigenvalue weighted by Crippen LogP contribution is -2.42. The van der Waals surface area contributed by atoms with Gasteiger partial charge in [0.15, 0.2) is 5.82 Å². The van der Waals surface area contributed by atoms with Gasteiger partial charge in [-0.25, -0.2) is 13.1 Å². The second-order valence-electron chi connectivity index (χ2n) is 5.87. The molecule has 0 aliphatic rings. The molecule has 0 unspecified atom stereocenters. The van der Waals surface area contributed by atoms with E-state index in [-0.39, 0.29) is 35.1 Å². The standard InChI is InChI=1S/C12H23N5O3S/c1-8-10(11(13)16-17(8)5)21(19,20)14-7-6-9(18)15-12(2,3)4/h14H,6-7H2,1-5H3,(H2,13,16)(H,15,18). The Labute approximate surface area is 125 Å². The number of nitrogen functional groups attached to an aromatic ring is 1. The second-order valence-corrected chi connectivity index (χ2v) is 7.57. The van der Waals surface area contributed by atoms with Crippen LogP contribution in [0.3, 0.4) is 0 Å². The van der Waals surface area contributed by atoms with Crippen molar-refractivity contribution in [1.29, 1.82) is 0 Å². The van der Waals surface area contributed by atoms with Crippen molar-refractivity contribution < 1.29 is 13.2 Å². The molecule has 0 bridgehead atoms. The molecule has 9 heteroatoms. The average molecular weight is 317 g/mol. The van der Waals surface area contributed by atoms with Gasteiger partial charge in [-0.05, 0) is 27.7 Å². The van der Waals surface area contributed by atoms with Crippen molar-refractivity contribution in [3.8, 4) is 0 Å². The molecular weight excluding hydrogens is 294 g/mol. The lowest BCUT2D eigenvalue weighted by atomic mass is 10.1. The fourth-order valence-electron chi connectivity index (χ4n) is 1.80. The van der Waals surface area contributed by atoms with Gasteiger partial charge in [0.1, 0.15) is 4.90 Å². The molecule has 120 valence electrons. The molecule has 0 fully saturated rings. The highest BCUT2D eigenvalue weighted by Gasteiger charge is 2.24. The molecule has 0 atom stereocenters. The lowest BCUT2D eigenvalue weighted by molar-refractivity contribution is -0.122. The van der Waals surface area contributed by atoms with E-state index in [0.29, 0.717) is 5.69 Å². The van der Waals surface area contributed by atoms with Gasteiger partial charge in [0, 0.05) is 25.6 Å². The summed E-state index contributed by atoms with van der Waals surface area (Å²) in [5.74, 6) is -0.275. The van der Waals surface area contributed by atoms with E-state index < -0.39 is 10.0 Å². The van der Waals surface area contributed by atoms with Crippen molar-refractivity contribution in [2.24, 2.45) is 7.05 Å². The van der Waals surface area contributed by atoms with Gasteiger partial charge < -0.3 is 11.1 Å². The van der Waals surface area contributed by atoms with Crippen molar-refractivity contribution in [2.45, 2.75) is 44.6 Å². The van der Waals surface area contributed by atoms with E-state index in [1.807, 2.05) is 20.8 Å². The zero-order chi connectivity index (χ0) is 16.4. The topological polar surface area (TPSA) is 119 Å². The summed E-state index contributed by atoms with van der Waals surface area (Å²) in [7, 11) is -2.17. The Morgan fingerprint density at radius 1 is 1.38 bits per heavy atom. The first-order valence-electron chi connectivity index (χ1n) is 6.54. The maximum Gasteiger partial charge on any atom is 0.246 e. The number of amides is 1. The van der Waals surface area contributed by atoms with Gasteiger partial charge in [-0.2, -0.15) is 5.10 Å². The first-order chi connectivity index (χ1) is 9.44. The summed E-state index contributed by atoms with van der Waals surface area (Å²) in [4.78, 5) is 11.6. The van der Waals surface area contributed by atoms with Crippen molar-refractivity contribution in [2.75, 3.05) is 12.3 Å². The molecule has 0 saturated heterocycles. The van der Waals surface area contributed by atoms with E-state index in [4.69, 9.17) is 5.73 Å². The number of anilines is 1. The van der Waals surface area contributed by atoms with Crippen molar-refractivity contribution >= 4 is 21.7 Å². The number of carbonyl (C=O) groups is 1. The van der Waals surface area contributed by atoms with Crippen LogP contribution in [0.1, 0.15) is 32.9 Å². The van der Waals surface area contributed by atoms with E-state index in [2.05, 4.69) is 15.1 Å². The predicted octanol–water partition coefficient (Wildman–Crippen LogP) is -0.106. The molecule has 4 N–H and O–H groups in total. The van der Waals surface area contributed by atoms with Crippen LogP contribution in [0.15, 0.2) is 4.90 Å². The van der Waals surface area contributed by atoms with Gasteiger partial charge >= 0.3 is 0 Å². The Balaban J connectivity index is 2.69. The van der Waals surface area contributed by atoms with E-state index in [0.717, 1.165) is 0 Å². The van der Waals surface area contributed by atoms with Gasteiger partial charge in [0.25, 0.3) is 0 Å². The van der Waals surface area contributed by atoms with Crippen LogP contribution in [0.5, 0.6) is 0 Å². The number of hydrogen-bond donors (Lipinski definition) is 3. The van der Waals surface area contributed by atoms with Gasteiger partial charge in [-0.1, -0.05) is 0 Å². The fraction of sp³-hybridized carbons (Fsp3) is 0.667. The maximum absolute atomic E-state index is 12.2. The van der Waals surface area contributed by atoms with E-state index >= 15 is 0 Å². The summed E-state index contributed by atoms with van der Waals surface area (Å²) in [6.45, 7) is 7.18. The van der Waals surface area contributed by atoms with Crippen LogP contribution < -0.4 is 15.8 Å². The monoisotopic (exact) mass is 317 g/mol. The van der Waals surface area contributed by atoms with Crippen LogP contribution in [0.2, 0.25) is 0 Å². The summed E-state index contributed by atoms with van der Waals surface area (Å²) >= 11 is 0. The Morgan fingerprint density at radius 2 is 1.95 bits per heavy atom. The Bertz CT molecular complexity index is 628. The zero-order valence-electron chi connectivity index (χ0n) is 13.0. The van der Waals surface area contributed by atoms with Crippen LogP contribution >= 0.6 is 0 Å². The summed E-state index contributed by atoms with van der Waals surface area (Å²) in [5, 5.41) is 6.62. The third-order valence-electron chi connectivity index (χ3n) is 2.73. The first kappa shape index (κ1) is 17.4. The van der Waals surface area contributed by atoms with Gasteiger partial charge in [0.05, 0.1) is 5.69 Å². The van der Waals surface area contributed by atoms with Crippen molar-refractivity contribution in [3.63, 3.8) is 0 Å². The molecule has 1 rings (SSSR count). The first-order valence-corrected chi connectivity index (χ1v) is 8.02. The molecule has 0 saturated carbocycles. The summed E-state index contributed by atoms with van der Waals surface area (Å²) in [5.41, 5.74) is 5.71. The van der Waals surface area contributed by atoms with Crippen molar-refractivity contribution in [1.82, 2.24) is 19.8 Å². The molecule has 0 aliphatic carbocycles. The van der Waals surface area contributed by atoms with Crippen LogP contribution in [0, 0.1) is 6.92 Å². The molecule has 0 spiro atoms. The minimum atomic E-state index is -3.78. The Hall–Kier alpha value is -1.61. The number of hydrogen-bond acceptors (Lipinski definition) is 5. The maximum atomic E-state index is 12.2. The van der Waals surface area contributed by atoms with Crippen LogP contribution in [0.4, 0.5) is 5.82 Å². The van der Waals surface area contributed by atoms with Gasteiger partial charge in [-0.15, -0.1) is 0 Å². The van der Waals surface area contributed by atoms with Crippen LogP contribution in [-0.4, -0.2) is 36.2 Å². The fourth-order valence-corrected chi connectivity index (χ4v) is 3.15. The molecule has 8 nitrogen and oxygen atoms in total. The largest absolute Gasteiger partial charge is 0.381 e. The SMILES string of the molecule is Cc1c(S(=O)(=O)NCCC(=O)NC(C)(C)C)c(N)nn1C. The molecule has 0 radical (unpaired) electrons. The third-order valence-corrected chi connectivity index (χ3v) is 4.36. The highest BCUT2D eigenvalue weighted by molar-refractivity contribution is 7.89. The third kappa shape index (κ3) is 4.71. The summed E-state index contributed by atoms with van der Waals surface area (Å²) < 4.78 is 28.1.